The molecular weight excluding hydrogens is 246 g/mol. The van der Waals surface area contributed by atoms with Gasteiger partial charge in [-0.05, 0) is 36.1 Å². The molecule has 1 aromatic heterocycles. The second kappa shape index (κ2) is 5.58. The van der Waals surface area contributed by atoms with Gasteiger partial charge in [0, 0.05) is 49.3 Å². The molecule has 3 nitrogen and oxygen atoms in total. The quantitative estimate of drug-likeness (QED) is 0.899. The first-order chi connectivity index (χ1) is 9.65. The molecular formula is C17H25N3. The highest BCUT2D eigenvalue weighted by molar-refractivity contribution is 5.85. The van der Waals surface area contributed by atoms with E-state index in [0.29, 0.717) is 5.92 Å². The van der Waals surface area contributed by atoms with Crippen LogP contribution >= 0.6 is 0 Å². The molecule has 0 atom stereocenters. The first-order valence-electron chi connectivity index (χ1n) is 7.69. The summed E-state index contributed by atoms with van der Waals surface area (Å²) in [5, 5.41) is 4.83. The van der Waals surface area contributed by atoms with Crippen LogP contribution in [-0.4, -0.2) is 36.1 Å². The van der Waals surface area contributed by atoms with Crippen molar-refractivity contribution in [2.75, 3.05) is 26.2 Å². The molecule has 1 aliphatic rings. The number of benzene rings is 1. The second-order valence-corrected chi connectivity index (χ2v) is 6.21. The fourth-order valence-electron chi connectivity index (χ4n) is 3.06. The number of H-pyrrole nitrogens is 1. The van der Waals surface area contributed by atoms with Crippen molar-refractivity contribution < 1.29 is 0 Å². The smallest absolute Gasteiger partial charge is 0.0459 e. The summed E-state index contributed by atoms with van der Waals surface area (Å²) in [7, 11) is 0. The molecule has 0 spiro atoms. The van der Waals surface area contributed by atoms with E-state index in [1.54, 1.807) is 0 Å². The van der Waals surface area contributed by atoms with Crippen molar-refractivity contribution in [3.8, 4) is 0 Å². The minimum Gasteiger partial charge on any atom is -0.358 e. The molecule has 0 aliphatic carbocycles. The summed E-state index contributed by atoms with van der Waals surface area (Å²) in [4.78, 5) is 6.09. The van der Waals surface area contributed by atoms with E-state index in [2.05, 4.69) is 54.2 Å². The second-order valence-electron chi connectivity index (χ2n) is 6.21. The van der Waals surface area contributed by atoms with Gasteiger partial charge in [0.15, 0.2) is 0 Å². The highest BCUT2D eigenvalue weighted by Crippen LogP contribution is 2.27. The molecule has 1 aliphatic heterocycles. The number of rotatable bonds is 3. The maximum Gasteiger partial charge on any atom is 0.0459 e. The van der Waals surface area contributed by atoms with Gasteiger partial charge in [-0.15, -0.1) is 0 Å². The lowest BCUT2D eigenvalue weighted by Gasteiger charge is -2.27. The summed E-state index contributed by atoms with van der Waals surface area (Å²) in [5.74, 6) is 0.585. The molecule has 1 fully saturated rings. The third-order valence-electron chi connectivity index (χ3n) is 4.40. The third-order valence-corrected chi connectivity index (χ3v) is 4.40. The van der Waals surface area contributed by atoms with E-state index in [4.69, 9.17) is 0 Å². The van der Waals surface area contributed by atoms with E-state index in [1.807, 2.05) is 0 Å². The first kappa shape index (κ1) is 13.7. The van der Waals surface area contributed by atoms with Gasteiger partial charge < -0.3 is 10.3 Å². The van der Waals surface area contributed by atoms with Crippen LogP contribution in [0.5, 0.6) is 0 Å². The van der Waals surface area contributed by atoms with Gasteiger partial charge in [0.25, 0.3) is 0 Å². The maximum atomic E-state index is 3.54. The Hall–Kier alpha value is -1.32. The van der Waals surface area contributed by atoms with Crippen molar-refractivity contribution >= 4 is 10.9 Å². The van der Waals surface area contributed by atoms with Crippen LogP contribution in [0.15, 0.2) is 18.2 Å². The van der Waals surface area contributed by atoms with Crippen molar-refractivity contribution in [1.29, 1.82) is 0 Å². The highest BCUT2D eigenvalue weighted by Gasteiger charge is 2.15. The zero-order chi connectivity index (χ0) is 14.1. The van der Waals surface area contributed by atoms with E-state index >= 15 is 0 Å². The van der Waals surface area contributed by atoms with Crippen LogP contribution in [0, 0.1) is 6.92 Å². The molecule has 1 saturated heterocycles. The fourth-order valence-corrected chi connectivity index (χ4v) is 3.06. The van der Waals surface area contributed by atoms with Crippen LogP contribution in [0.2, 0.25) is 0 Å². The molecule has 2 heterocycles. The Morgan fingerprint density at radius 2 is 1.95 bits per heavy atom. The number of fused-ring (bicyclic) bond motifs is 1. The third kappa shape index (κ3) is 2.60. The summed E-state index contributed by atoms with van der Waals surface area (Å²) in [6, 6.07) is 6.86. The SMILES string of the molecule is Cc1[nH]c2ccc(C(C)C)cc2c1CN1CCNCC1. The van der Waals surface area contributed by atoms with Crippen LogP contribution < -0.4 is 5.32 Å². The molecule has 108 valence electrons. The topological polar surface area (TPSA) is 31.1 Å². The van der Waals surface area contributed by atoms with E-state index in [1.165, 1.54) is 27.7 Å². The van der Waals surface area contributed by atoms with Crippen molar-refractivity contribution in [3.05, 3.63) is 35.0 Å². The van der Waals surface area contributed by atoms with Crippen LogP contribution in [0.25, 0.3) is 10.9 Å². The number of aromatic amines is 1. The summed E-state index contributed by atoms with van der Waals surface area (Å²) < 4.78 is 0. The molecule has 0 radical (unpaired) electrons. The molecule has 1 aromatic carbocycles. The van der Waals surface area contributed by atoms with Crippen LogP contribution in [0.1, 0.15) is 36.6 Å². The van der Waals surface area contributed by atoms with Gasteiger partial charge in [-0.3, -0.25) is 4.90 Å². The summed E-state index contributed by atoms with van der Waals surface area (Å²) in [6.07, 6.45) is 0. The van der Waals surface area contributed by atoms with E-state index < -0.39 is 0 Å². The summed E-state index contributed by atoms with van der Waals surface area (Å²) >= 11 is 0. The number of nitrogens with zero attached hydrogens (tertiary/aromatic N) is 1. The zero-order valence-corrected chi connectivity index (χ0v) is 12.8. The Bertz CT molecular complexity index is 592. The van der Waals surface area contributed by atoms with Crippen molar-refractivity contribution in [2.24, 2.45) is 0 Å². The lowest BCUT2D eigenvalue weighted by Crippen LogP contribution is -2.42. The van der Waals surface area contributed by atoms with Crippen LogP contribution in [-0.2, 0) is 6.54 Å². The minimum absolute atomic E-state index is 0.585. The Kier molecular flexibility index (Phi) is 3.81. The van der Waals surface area contributed by atoms with Crippen molar-refractivity contribution in [3.63, 3.8) is 0 Å². The van der Waals surface area contributed by atoms with Gasteiger partial charge in [-0.25, -0.2) is 0 Å². The Morgan fingerprint density at radius 3 is 2.65 bits per heavy atom. The standard InChI is InChI=1S/C17H25N3/c1-12(2)14-4-5-17-15(10-14)16(13(3)19-17)11-20-8-6-18-7-9-20/h4-5,10,12,18-19H,6-9,11H2,1-3H3. The zero-order valence-electron chi connectivity index (χ0n) is 12.8. The lowest BCUT2D eigenvalue weighted by atomic mass is 10.00. The van der Waals surface area contributed by atoms with Gasteiger partial charge in [0.05, 0.1) is 0 Å². The van der Waals surface area contributed by atoms with Crippen LogP contribution in [0.4, 0.5) is 0 Å². The molecule has 2 N–H and O–H groups in total. The van der Waals surface area contributed by atoms with Crippen molar-refractivity contribution in [2.45, 2.75) is 33.2 Å². The Labute approximate surface area is 121 Å². The molecule has 0 bridgehead atoms. The maximum absolute atomic E-state index is 3.54. The predicted octanol–water partition coefficient (Wildman–Crippen LogP) is 3.00. The number of nitrogens with one attached hydrogen (secondary N) is 2. The van der Waals surface area contributed by atoms with Gasteiger partial charge in [0.2, 0.25) is 0 Å². The largest absolute Gasteiger partial charge is 0.358 e. The monoisotopic (exact) mass is 271 g/mol. The molecule has 3 heteroatoms. The number of piperazine rings is 1. The molecule has 0 amide bonds. The Balaban J connectivity index is 1.95. The van der Waals surface area contributed by atoms with Gasteiger partial charge >= 0.3 is 0 Å². The minimum atomic E-state index is 0.585. The Morgan fingerprint density at radius 1 is 1.20 bits per heavy atom. The molecule has 2 aromatic rings. The number of hydrogen-bond donors (Lipinski definition) is 2. The fraction of sp³-hybridized carbons (Fsp3) is 0.529. The average molecular weight is 271 g/mol. The molecule has 3 rings (SSSR count). The molecule has 20 heavy (non-hydrogen) atoms. The van der Waals surface area contributed by atoms with Crippen LogP contribution in [0.3, 0.4) is 0 Å². The first-order valence-corrected chi connectivity index (χ1v) is 7.69. The van der Waals surface area contributed by atoms with E-state index in [0.717, 1.165) is 32.7 Å². The molecule has 0 saturated carbocycles. The molecule has 0 unspecified atom stereocenters. The van der Waals surface area contributed by atoms with E-state index in [9.17, 15) is 0 Å². The van der Waals surface area contributed by atoms with Gasteiger partial charge in [-0.1, -0.05) is 19.9 Å². The summed E-state index contributed by atoms with van der Waals surface area (Å²) in [6.45, 7) is 12.3. The lowest BCUT2D eigenvalue weighted by molar-refractivity contribution is 0.233. The normalized spacial score (nSPS) is 17.2. The van der Waals surface area contributed by atoms with Gasteiger partial charge in [0.1, 0.15) is 0 Å². The number of hydrogen-bond acceptors (Lipinski definition) is 2. The van der Waals surface area contributed by atoms with Crippen molar-refractivity contribution in [1.82, 2.24) is 15.2 Å². The number of aryl methyl sites for hydroxylation is 1. The number of aromatic nitrogens is 1. The highest BCUT2D eigenvalue weighted by atomic mass is 15.2. The predicted molar refractivity (Wildman–Crippen MR) is 85.3 cm³/mol. The van der Waals surface area contributed by atoms with E-state index in [-0.39, 0.29) is 0 Å². The van der Waals surface area contributed by atoms with Gasteiger partial charge in [-0.2, -0.15) is 0 Å². The summed E-state index contributed by atoms with van der Waals surface area (Å²) in [5.41, 5.74) is 5.50. The average Bonchev–Trinajstić information content (AvgIpc) is 2.75.